The van der Waals surface area contributed by atoms with Gasteiger partial charge in [-0.1, -0.05) is 17.7 Å². The lowest BCUT2D eigenvalue weighted by molar-refractivity contribution is 0.841. The van der Waals surface area contributed by atoms with Crippen molar-refractivity contribution in [3.8, 4) is 0 Å². The van der Waals surface area contributed by atoms with Crippen molar-refractivity contribution in [2.75, 3.05) is 0 Å². The Kier molecular flexibility index (Phi) is 3.42. The number of pyridine rings is 1. The summed E-state index contributed by atoms with van der Waals surface area (Å²) in [6.07, 6.45) is 2.02. The van der Waals surface area contributed by atoms with Gasteiger partial charge in [0.1, 0.15) is 0 Å². The minimum Gasteiger partial charge on any atom is -0.319 e. The highest BCUT2D eigenvalue weighted by Gasteiger charge is 2.04. The first-order valence-electron chi connectivity index (χ1n) is 4.85. The van der Waals surface area contributed by atoms with Crippen molar-refractivity contribution in [3.63, 3.8) is 0 Å². The fourth-order valence-electron chi connectivity index (χ4n) is 1.28. The average Bonchev–Trinajstić information content (AvgIpc) is 2.08. The molecule has 76 valence electrons. The second-order valence-electron chi connectivity index (χ2n) is 3.91. The molecule has 0 aliphatic rings. The van der Waals surface area contributed by atoms with Crippen molar-refractivity contribution in [2.24, 2.45) is 5.73 Å². The molecule has 0 amide bonds. The van der Waals surface area contributed by atoms with Crippen molar-refractivity contribution < 1.29 is 0 Å². The average molecular weight is 190 g/mol. The van der Waals surface area contributed by atoms with E-state index in [1.807, 2.05) is 32.9 Å². The zero-order valence-electron chi connectivity index (χ0n) is 9.33. The number of aryl methyl sites for hydroxylation is 2. The van der Waals surface area contributed by atoms with Crippen LogP contribution in [0.3, 0.4) is 0 Å². The summed E-state index contributed by atoms with van der Waals surface area (Å²) in [4.78, 5) is 4.46. The SMILES string of the molecule is CC(C)=CC(N)c1ccc(C)c(C)n1. The fraction of sp³-hybridized carbons (Fsp3) is 0.417. The predicted octanol–water partition coefficient (Wildman–Crippen LogP) is 2.66. The molecule has 2 heteroatoms. The van der Waals surface area contributed by atoms with E-state index < -0.39 is 0 Å². The molecule has 1 unspecified atom stereocenters. The Balaban J connectivity index is 2.97. The van der Waals surface area contributed by atoms with Crippen molar-refractivity contribution in [1.29, 1.82) is 0 Å². The molecule has 0 aromatic carbocycles. The fourth-order valence-corrected chi connectivity index (χ4v) is 1.28. The third kappa shape index (κ3) is 2.67. The van der Waals surface area contributed by atoms with Gasteiger partial charge in [0, 0.05) is 5.69 Å². The quantitative estimate of drug-likeness (QED) is 0.728. The summed E-state index contributed by atoms with van der Waals surface area (Å²) in [5.74, 6) is 0. The molecule has 14 heavy (non-hydrogen) atoms. The molecule has 2 N–H and O–H groups in total. The van der Waals surface area contributed by atoms with Gasteiger partial charge < -0.3 is 5.73 Å². The van der Waals surface area contributed by atoms with E-state index in [1.54, 1.807) is 0 Å². The number of allylic oxidation sites excluding steroid dienone is 1. The number of hydrogen-bond donors (Lipinski definition) is 1. The molecule has 0 spiro atoms. The lowest BCUT2D eigenvalue weighted by atomic mass is 10.1. The van der Waals surface area contributed by atoms with Gasteiger partial charge in [-0.2, -0.15) is 0 Å². The number of nitrogens with two attached hydrogens (primary N) is 1. The molecule has 1 atom stereocenters. The summed E-state index contributed by atoms with van der Waals surface area (Å²) in [7, 11) is 0. The van der Waals surface area contributed by atoms with Crippen molar-refractivity contribution in [1.82, 2.24) is 4.98 Å². The normalized spacial score (nSPS) is 12.4. The lowest BCUT2D eigenvalue weighted by Crippen LogP contribution is -2.10. The van der Waals surface area contributed by atoms with Crippen LogP contribution in [0, 0.1) is 13.8 Å². The Bertz CT molecular complexity index is 349. The summed E-state index contributed by atoms with van der Waals surface area (Å²) in [5, 5.41) is 0. The van der Waals surface area contributed by atoms with Gasteiger partial charge in [0.2, 0.25) is 0 Å². The first kappa shape index (κ1) is 10.9. The monoisotopic (exact) mass is 190 g/mol. The van der Waals surface area contributed by atoms with Gasteiger partial charge in [0.15, 0.2) is 0 Å². The van der Waals surface area contributed by atoms with Crippen molar-refractivity contribution >= 4 is 0 Å². The van der Waals surface area contributed by atoms with Gasteiger partial charge in [-0.15, -0.1) is 0 Å². The van der Waals surface area contributed by atoms with Gasteiger partial charge in [-0.05, 0) is 39.3 Å². The highest BCUT2D eigenvalue weighted by molar-refractivity contribution is 5.24. The van der Waals surface area contributed by atoms with Crippen LogP contribution in [0.4, 0.5) is 0 Å². The van der Waals surface area contributed by atoms with E-state index in [1.165, 1.54) is 11.1 Å². The van der Waals surface area contributed by atoms with E-state index in [0.29, 0.717) is 0 Å². The van der Waals surface area contributed by atoms with Crippen LogP contribution in [-0.4, -0.2) is 4.98 Å². The molecule has 1 aromatic rings. The van der Waals surface area contributed by atoms with Crippen LogP contribution in [0.1, 0.15) is 36.8 Å². The first-order chi connectivity index (χ1) is 6.50. The van der Waals surface area contributed by atoms with Crippen LogP contribution in [0.2, 0.25) is 0 Å². The maximum Gasteiger partial charge on any atom is 0.0658 e. The van der Waals surface area contributed by atoms with Crippen molar-refractivity contribution in [3.05, 3.63) is 40.7 Å². The zero-order valence-corrected chi connectivity index (χ0v) is 9.33. The molecular weight excluding hydrogens is 172 g/mol. The number of aromatic nitrogens is 1. The molecule has 2 nitrogen and oxygen atoms in total. The van der Waals surface area contributed by atoms with Gasteiger partial charge in [-0.3, -0.25) is 4.98 Å². The molecule has 1 aromatic heterocycles. The number of hydrogen-bond acceptors (Lipinski definition) is 2. The summed E-state index contributed by atoms with van der Waals surface area (Å²) in [6, 6.07) is 3.97. The van der Waals surface area contributed by atoms with E-state index in [4.69, 9.17) is 5.73 Å². The maximum atomic E-state index is 5.98. The van der Waals surface area contributed by atoms with E-state index >= 15 is 0 Å². The molecule has 1 heterocycles. The molecular formula is C12H18N2. The third-order valence-electron chi connectivity index (χ3n) is 2.23. The van der Waals surface area contributed by atoms with Crippen LogP contribution >= 0.6 is 0 Å². The van der Waals surface area contributed by atoms with Crippen LogP contribution in [0.5, 0.6) is 0 Å². The molecule has 0 aliphatic carbocycles. The van der Waals surface area contributed by atoms with Crippen LogP contribution in [0.15, 0.2) is 23.8 Å². The Morgan fingerprint density at radius 1 is 1.36 bits per heavy atom. The van der Waals surface area contributed by atoms with E-state index in [9.17, 15) is 0 Å². The van der Waals surface area contributed by atoms with Gasteiger partial charge >= 0.3 is 0 Å². The third-order valence-corrected chi connectivity index (χ3v) is 2.23. The molecule has 1 rings (SSSR count). The largest absolute Gasteiger partial charge is 0.319 e. The van der Waals surface area contributed by atoms with E-state index in [0.717, 1.165) is 11.4 Å². The Morgan fingerprint density at radius 2 is 2.00 bits per heavy atom. The summed E-state index contributed by atoms with van der Waals surface area (Å²) in [5.41, 5.74) is 10.4. The topological polar surface area (TPSA) is 38.9 Å². The standard InChI is InChI=1S/C12H18N2/c1-8(2)7-11(13)12-6-5-9(3)10(4)14-12/h5-7,11H,13H2,1-4H3. The summed E-state index contributed by atoms with van der Waals surface area (Å²) in [6.45, 7) is 8.15. The van der Waals surface area contributed by atoms with E-state index in [-0.39, 0.29) is 6.04 Å². The molecule has 0 bridgehead atoms. The molecule has 0 fully saturated rings. The molecule has 0 saturated carbocycles. The lowest BCUT2D eigenvalue weighted by Gasteiger charge is -2.09. The van der Waals surface area contributed by atoms with Gasteiger partial charge in [0.05, 0.1) is 11.7 Å². The Labute approximate surface area is 85.9 Å². The minimum atomic E-state index is -0.0840. The smallest absolute Gasteiger partial charge is 0.0658 e. The Morgan fingerprint density at radius 3 is 2.50 bits per heavy atom. The zero-order chi connectivity index (χ0) is 10.7. The van der Waals surface area contributed by atoms with Crippen LogP contribution in [-0.2, 0) is 0 Å². The second-order valence-corrected chi connectivity index (χ2v) is 3.91. The maximum absolute atomic E-state index is 5.98. The minimum absolute atomic E-state index is 0.0840. The Hall–Kier alpha value is -1.15. The predicted molar refractivity (Wildman–Crippen MR) is 60.1 cm³/mol. The van der Waals surface area contributed by atoms with E-state index in [2.05, 4.69) is 18.0 Å². The first-order valence-corrected chi connectivity index (χ1v) is 4.85. The highest BCUT2D eigenvalue weighted by Crippen LogP contribution is 2.13. The summed E-state index contributed by atoms with van der Waals surface area (Å²) < 4.78 is 0. The van der Waals surface area contributed by atoms with Gasteiger partial charge in [0.25, 0.3) is 0 Å². The molecule has 0 radical (unpaired) electrons. The van der Waals surface area contributed by atoms with Gasteiger partial charge in [-0.25, -0.2) is 0 Å². The number of rotatable bonds is 2. The molecule has 0 saturated heterocycles. The van der Waals surface area contributed by atoms with Crippen LogP contribution < -0.4 is 5.73 Å². The number of nitrogens with zero attached hydrogens (tertiary/aromatic N) is 1. The van der Waals surface area contributed by atoms with Crippen molar-refractivity contribution in [2.45, 2.75) is 33.7 Å². The molecule has 0 aliphatic heterocycles. The van der Waals surface area contributed by atoms with Crippen LogP contribution in [0.25, 0.3) is 0 Å². The highest BCUT2D eigenvalue weighted by atomic mass is 14.8. The summed E-state index contributed by atoms with van der Waals surface area (Å²) >= 11 is 0. The second kappa shape index (κ2) is 4.38.